The van der Waals surface area contributed by atoms with Crippen molar-refractivity contribution in [3.8, 4) is 0 Å². The molecule has 1 fully saturated rings. The molecule has 0 aromatic carbocycles. The molecule has 2 nitrogen and oxygen atoms in total. The van der Waals surface area contributed by atoms with Gasteiger partial charge in [-0.2, -0.15) is 0 Å². The molecule has 0 atom stereocenters. The van der Waals surface area contributed by atoms with Crippen LogP contribution >= 0.6 is 0 Å². The van der Waals surface area contributed by atoms with Crippen LogP contribution in [0.4, 0.5) is 0 Å². The predicted octanol–water partition coefficient (Wildman–Crippen LogP) is 0.574. The zero-order chi connectivity index (χ0) is 7.61. The molecule has 0 aromatic heterocycles. The summed E-state index contributed by atoms with van der Waals surface area (Å²) in [4.78, 5) is 0. The van der Waals surface area contributed by atoms with Gasteiger partial charge in [-0.1, -0.05) is 0 Å². The monoisotopic (exact) mass is 143 g/mol. The summed E-state index contributed by atoms with van der Waals surface area (Å²) in [5.41, 5.74) is 5.80. The Morgan fingerprint density at radius 2 is 1.90 bits per heavy atom. The molecule has 1 aliphatic rings. The normalized spacial score (nSPS) is 41.7. The number of likely N-dealkylation sites (tertiary alicyclic amines) is 1. The van der Waals surface area contributed by atoms with Gasteiger partial charge in [0, 0.05) is 18.9 Å². The third kappa shape index (κ3) is 1.70. The molecule has 1 saturated heterocycles. The van der Waals surface area contributed by atoms with Crippen molar-refractivity contribution in [1.29, 1.82) is 0 Å². The molecule has 0 amide bonds. The maximum absolute atomic E-state index is 5.80. The fourth-order valence-corrected chi connectivity index (χ4v) is 1.53. The van der Waals surface area contributed by atoms with Crippen LogP contribution in [0.1, 0.15) is 19.8 Å². The second kappa shape index (κ2) is 2.89. The van der Waals surface area contributed by atoms with E-state index in [1.54, 1.807) is 0 Å². The van der Waals surface area contributed by atoms with Gasteiger partial charge in [0.25, 0.3) is 0 Å². The van der Waals surface area contributed by atoms with E-state index in [0.717, 1.165) is 0 Å². The van der Waals surface area contributed by atoms with Crippen molar-refractivity contribution >= 4 is 0 Å². The molecular formula is C8H19N2+. The molecule has 0 saturated carbocycles. The third-order valence-corrected chi connectivity index (χ3v) is 2.84. The van der Waals surface area contributed by atoms with Gasteiger partial charge in [-0.3, -0.25) is 0 Å². The second-order valence-corrected chi connectivity index (χ2v) is 3.72. The number of nitrogens with two attached hydrogens (primary N) is 1. The molecule has 0 spiro atoms. The Balaban J connectivity index is 2.38. The summed E-state index contributed by atoms with van der Waals surface area (Å²) in [6, 6.07) is 0.484. The van der Waals surface area contributed by atoms with E-state index >= 15 is 0 Å². The Labute approximate surface area is 63.6 Å². The van der Waals surface area contributed by atoms with E-state index in [4.69, 9.17) is 5.73 Å². The Bertz CT molecular complexity index is 104. The van der Waals surface area contributed by atoms with Crippen LogP contribution < -0.4 is 5.73 Å². The van der Waals surface area contributed by atoms with Crippen LogP contribution in [-0.4, -0.2) is 37.2 Å². The lowest BCUT2D eigenvalue weighted by Gasteiger charge is -2.38. The Morgan fingerprint density at radius 3 is 2.30 bits per heavy atom. The summed E-state index contributed by atoms with van der Waals surface area (Å²) in [6.45, 7) is 6.07. The lowest BCUT2D eigenvalue weighted by atomic mass is 10.0. The van der Waals surface area contributed by atoms with Crippen LogP contribution in [0.2, 0.25) is 0 Å². The van der Waals surface area contributed by atoms with E-state index in [9.17, 15) is 0 Å². The highest BCUT2D eigenvalue weighted by atomic mass is 15.3. The molecule has 0 unspecified atom stereocenters. The Kier molecular flexibility index (Phi) is 2.32. The fraction of sp³-hybridized carbons (Fsp3) is 1.00. The number of nitrogens with zero attached hydrogens (tertiary/aromatic N) is 1. The highest BCUT2D eigenvalue weighted by molar-refractivity contribution is 4.65. The van der Waals surface area contributed by atoms with E-state index < -0.39 is 0 Å². The van der Waals surface area contributed by atoms with Gasteiger partial charge < -0.3 is 10.2 Å². The minimum Gasteiger partial charge on any atom is -0.327 e. The summed E-state index contributed by atoms with van der Waals surface area (Å²) in [5.74, 6) is 0. The van der Waals surface area contributed by atoms with E-state index in [2.05, 4.69) is 14.0 Å². The van der Waals surface area contributed by atoms with Crippen molar-refractivity contribution in [3.05, 3.63) is 0 Å². The van der Waals surface area contributed by atoms with Gasteiger partial charge in [0.1, 0.15) is 0 Å². The smallest absolute Gasteiger partial charge is 0.0799 e. The van der Waals surface area contributed by atoms with Gasteiger partial charge in [-0.15, -0.1) is 0 Å². The van der Waals surface area contributed by atoms with Crippen molar-refractivity contribution in [2.24, 2.45) is 5.73 Å². The average molecular weight is 143 g/mol. The third-order valence-electron chi connectivity index (χ3n) is 2.84. The highest BCUT2D eigenvalue weighted by Gasteiger charge is 2.25. The molecule has 0 bridgehead atoms. The summed E-state index contributed by atoms with van der Waals surface area (Å²) in [5, 5.41) is 0. The molecule has 0 aliphatic carbocycles. The summed E-state index contributed by atoms with van der Waals surface area (Å²) in [6.07, 6.45) is 2.43. The first-order chi connectivity index (χ1) is 4.66. The van der Waals surface area contributed by atoms with Crippen molar-refractivity contribution in [3.63, 3.8) is 0 Å². The highest BCUT2D eigenvalue weighted by Crippen LogP contribution is 2.14. The first-order valence-electron chi connectivity index (χ1n) is 4.25. The maximum Gasteiger partial charge on any atom is 0.0799 e. The van der Waals surface area contributed by atoms with Crippen molar-refractivity contribution in [2.45, 2.75) is 25.8 Å². The van der Waals surface area contributed by atoms with E-state index in [0.29, 0.717) is 6.04 Å². The van der Waals surface area contributed by atoms with Gasteiger partial charge in [-0.25, -0.2) is 0 Å². The molecular weight excluding hydrogens is 124 g/mol. The Morgan fingerprint density at radius 1 is 1.40 bits per heavy atom. The molecule has 0 aromatic rings. The number of hydrogen-bond acceptors (Lipinski definition) is 1. The van der Waals surface area contributed by atoms with Crippen molar-refractivity contribution in [2.75, 3.05) is 26.7 Å². The van der Waals surface area contributed by atoms with Gasteiger partial charge >= 0.3 is 0 Å². The van der Waals surface area contributed by atoms with Crippen LogP contribution in [0.3, 0.4) is 0 Å². The maximum atomic E-state index is 5.80. The quantitative estimate of drug-likeness (QED) is 0.534. The zero-order valence-electron chi connectivity index (χ0n) is 7.14. The SMILES string of the molecule is CC[N+]1(C)CCC(N)CC1. The number of rotatable bonds is 1. The minimum absolute atomic E-state index is 0.484. The summed E-state index contributed by atoms with van der Waals surface area (Å²) >= 11 is 0. The first kappa shape index (κ1) is 8.02. The molecule has 2 heteroatoms. The molecule has 1 aliphatic heterocycles. The molecule has 10 heavy (non-hydrogen) atoms. The lowest BCUT2D eigenvalue weighted by Crippen LogP contribution is -2.52. The molecule has 1 heterocycles. The zero-order valence-corrected chi connectivity index (χ0v) is 7.14. The predicted molar refractivity (Wildman–Crippen MR) is 43.7 cm³/mol. The van der Waals surface area contributed by atoms with E-state index in [1.807, 2.05) is 0 Å². The Hall–Kier alpha value is -0.0800. The van der Waals surface area contributed by atoms with Crippen LogP contribution in [0.5, 0.6) is 0 Å². The fourth-order valence-electron chi connectivity index (χ4n) is 1.53. The molecule has 0 radical (unpaired) electrons. The van der Waals surface area contributed by atoms with Crippen LogP contribution in [0.25, 0.3) is 0 Å². The molecule has 60 valence electrons. The second-order valence-electron chi connectivity index (χ2n) is 3.72. The van der Waals surface area contributed by atoms with Gasteiger partial charge in [0.15, 0.2) is 0 Å². The van der Waals surface area contributed by atoms with Gasteiger partial charge in [-0.05, 0) is 6.92 Å². The van der Waals surface area contributed by atoms with Gasteiger partial charge in [0.05, 0.1) is 26.7 Å². The minimum atomic E-state index is 0.484. The van der Waals surface area contributed by atoms with Crippen molar-refractivity contribution < 1.29 is 4.48 Å². The number of piperidine rings is 1. The molecule has 1 rings (SSSR count). The summed E-state index contributed by atoms with van der Waals surface area (Å²) < 4.78 is 1.23. The van der Waals surface area contributed by atoms with E-state index in [1.165, 1.54) is 37.0 Å². The van der Waals surface area contributed by atoms with Crippen molar-refractivity contribution in [1.82, 2.24) is 0 Å². The average Bonchev–Trinajstić information content (AvgIpc) is 1.96. The first-order valence-corrected chi connectivity index (χ1v) is 4.25. The van der Waals surface area contributed by atoms with Crippen LogP contribution in [0, 0.1) is 0 Å². The van der Waals surface area contributed by atoms with E-state index in [-0.39, 0.29) is 0 Å². The number of quaternary nitrogens is 1. The largest absolute Gasteiger partial charge is 0.327 e. The van der Waals surface area contributed by atoms with Gasteiger partial charge in [0.2, 0.25) is 0 Å². The summed E-state index contributed by atoms with van der Waals surface area (Å²) in [7, 11) is 2.33. The molecule has 2 N–H and O–H groups in total. The van der Waals surface area contributed by atoms with Crippen LogP contribution in [0.15, 0.2) is 0 Å². The number of hydrogen-bond donors (Lipinski definition) is 1. The lowest BCUT2D eigenvalue weighted by molar-refractivity contribution is -0.912. The standard InChI is InChI=1S/C8H19N2/c1-3-10(2)6-4-8(9)5-7-10/h8H,3-7,9H2,1-2H3/q+1. The topological polar surface area (TPSA) is 26.0 Å². The van der Waals surface area contributed by atoms with Crippen LogP contribution in [-0.2, 0) is 0 Å².